The summed E-state index contributed by atoms with van der Waals surface area (Å²) in [7, 11) is 0. The standard InChI is InChI=1S/C11H14N4/c1-8(2)7-15-11-10-9(3-4-14-11)12-5-6-13-10/h3-6,8H,7H2,1-2H3,(H,14,15). The minimum absolute atomic E-state index is 0.582. The molecular formula is C11H14N4. The van der Waals surface area contributed by atoms with Gasteiger partial charge < -0.3 is 5.32 Å². The maximum Gasteiger partial charge on any atom is 0.154 e. The molecule has 0 aliphatic heterocycles. The van der Waals surface area contributed by atoms with Crippen LogP contribution >= 0.6 is 0 Å². The fraction of sp³-hybridized carbons (Fsp3) is 0.364. The Bertz CT molecular complexity index is 448. The summed E-state index contributed by atoms with van der Waals surface area (Å²) < 4.78 is 0. The summed E-state index contributed by atoms with van der Waals surface area (Å²) in [6, 6.07) is 1.86. The second-order valence-electron chi connectivity index (χ2n) is 3.86. The van der Waals surface area contributed by atoms with E-state index in [2.05, 4.69) is 34.1 Å². The first-order chi connectivity index (χ1) is 7.27. The molecule has 4 heteroatoms. The topological polar surface area (TPSA) is 50.7 Å². The highest BCUT2D eigenvalue weighted by Crippen LogP contribution is 2.15. The summed E-state index contributed by atoms with van der Waals surface area (Å²) in [5.41, 5.74) is 1.71. The van der Waals surface area contributed by atoms with Crippen molar-refractivity contribution in [1.82, 2.24) is 15.0 Å². The van der Waals surface area contributed by atoms with Gasteiger partial charge in [-0.15, -0.1) is 0 Å². The van der Waals surface area contributed by atoms with E-state index in [1.165, 1.54) is 0 Å². The van der Waals surface area contributed by atoms with Gasteiger partial charge in [-0.25, -0.2) is 9.97 Å². The third-order valence-electron chi connectivity index (χ3n) is 2.06. The van der Waals surface area contributed by atoms with E-state index in [0.717, 1.165) is 23.4 Å². The van der Waals surface area contributed by atoms with Gasteiger partial charge >= 0.3 is 0 Å². The van der Waals surface area contributed by atoms with E-state index in [9.17, 15) is 0 Å². The smallest absolute Gasteiger partial charge is 0.154 e. The second-order valence-corrected chi connectivity index (χ2v) is 3.86. The maximum absolute atomic E-state index is 4.27. The molecule has 2 aromatic heterocycles. The van der Waals surface area contributed by atoms with Crippen LogP contribution in [0.3, 0.4) is 0 Å². The number of nitrogens with zero attached hydrogens (tertiary/aromatic N) is 3. The molecule has 0 amide bonds. The summed E-state index contributed by atoms with van der Waals surface area (Å²) in [5.74, 6) is 1.40. The quantitative estimate of drug-likeness (QED) is 0.828. The highest BCUT2D eigenvalue weighted by molar-refractivity contribution is 5.84. The van der Waals surface area contributed by atoms with Crippen molar-refractivity contribution in [1.29, 1.82) is 0 Å². The zero-order valence-electron chi connectivity index (χ0n) is 8.94. The summed E-state index contributed by atoms with van der Waals surface area (Å²) in [6.45, 7) is 5.20. The maximum atomic E-state index is 4.27. The molecule has 78 valence electrons. The SMILES string of the molecule is CC(C)CNc1nccc2nccnc12. The molecule has 2 aromatic rings. The third-order valence-corrected chi connectivity index (χ3v) is 2.06. The van der Waals surface area contributed by atoms with Crippen molar-refractivity contribution in [2.75, 3.05) is 11.9 Å². The first-order valence-electron chi connectivity index (χ1n) is 5.07. The fourth-order valence-corrected chi connectivity index (χ4v) is 1.33. The molecule has 0 spiro atoms. The van der Waals surface area contributed by atoms with Gasteiger partial charge in [0.1, 0.15) is 5.52 Å². The van der Waals surface area contributed by atoms with Crippen LogP contribution < -0.4 is 5.32 Å². The molecule has 0 radical (unpaired) electrons. The number of pyridine rings is 1. The van der Waals surface area contributed by atoms with E-state index in [4.69, 9.17) is 0 Å². The van der Waals surface area contributed by atoms with E-state index in [1.807, 2.05) is 6.07 Å². The lowest BCUT2D eigenvalue weighted by Crippen LogP contribution is -2.09. The van der Waals surface area contributed by atoms with Gasteiger partial charge in [0.15, 0.2) is 5.82 Å². The minimum Gasteiger partial charge on any atom is -0.368 e. The van der Waals surface area contributed by atoms with Crippen molar-refractivity contribution in [2.24, 2.45) is 5.92 Å². The van der Waals surface area contributed by atoms with Crippen LogP contribution in [0, 0.1) is 5.92 Å². The molecule has 0 aromatic carbocycles. The molecule has 0 bridgehead atoms. The molecular weight excluding hydrogens is 188 g/mol. The Morgan fingerprint density at radius 3 is 2.73 bits per heavy atom. The molecule has 0 aliphatic rings. The molecule has 0 saturated heterocycles. The van der Waals surface area contributed by atoms with Gasteiger partial charge in [0, 0.05) is 25.1 Å². The lowest BCUT2D eigenvalue weighted by molar-refractivity contribution is 0.687. The number of nitrogens with one attached hydrogen (secondary N) is 1. The van der Waals surface area contributed by atoms with Crippen LogP contribution in [-0.4, -0.2) is 21.5 Å². The van der Waals surface area contributed by atoms with E-state index in [1.54, 1.807) is 18.6 Å². The van der Waals surface area contributed by atoms with Gasteiger partial charge in [-0.3, -0.25) is 4.98 Å². The second kappa shape index (κ2) is 4.21. The van der Waals surface area contributed by atoms with Crippen molar-refractivity contribution in [3.63, 3.8) is 0 Å². The molecule has 1 N–H and O–H groups in total. The van der Waals surface area contributed by atoms with Crippen LogP contribution in [0.4, 0.5) is 5.82 Å². The Kier molecular flexibility index (Phi) is 2.76. The number of aromatic nitrogens is 3. The lowest BCUT2D eigenvalue weighted by atomic mass is 10.2. The molecule has 0 aliphatic carbocycles. The van der Waals surface area contributed by atoms with Crippen molar-refractivity contribution in [3.8, 4) is 0 Å². The molecule has 0 unspecified atom stereocenters. The number of fused-ring (bicyclic) bond motifs is 1. The molecule has 15 heavy (non-hydrogen) atoms. The van der Waals surface area contributed by atoms with Crippen LogP contribution in [0.15, 0.2) is 24.7 Å². The molecule has 0 atom stereocenters. The average Bonchev–Trinajstić information content (AvgIpc) is 2.26. The lowest BCUT2D eigenvalue weighted by Gasteiger charge is -2.09. The van der Waals surface area contributed by atoms with Gasteiger partial charge in [0.2, 0.25) is 0 Å². The van der Waals surface area contributed by atoms with Crippen molar-refractivity contribution >= 4 is 16.9 Å². The van der Waals surface area contributed by atoms with Gasteiger partial charge in [-0.1, -0.05) is 13.8 Å². The molecule has 0 fully saturated rings. The highest BCUT2D eigenvalue weighted by Gasteiger charge is 2.03. The van der Waals surface area contributed by atoms with Crippen LogP contribution in [0.25, 0.3) is 11.0 Å². The zero-order valence-corrected chi connectivity index (χ0v) is 8.94. The van der Waals surface area contributed by atoms with Crippen LogP contribution in [0.5, 0.6) is 0 Å². The van der Waals surface area contributed by atoms with Gasteiger partial charge in [-0.05, 0) is 12.0 Å². The third kappa shape index (κ3) is 2.21. The van der Waals surface area contributed by atoms with Crippen molar-refractivity contribution in [2.45, 2.75) is 13.8 Å². The summed E-state index contributed by atoms with van der Waals surface area (Å²) in [4.78, 5) is 12.8. The summed E-state index contributed by atoms with van der Waals surface area (Å²) in [5, 5.41) is 3.27. The highest BCUT2D eigenvalue weighted by atomic mass is 15.0. The average molecular weight is 202 g/mol. The number of rotatable bonds is 3. The van der Waals surface area contributed by atoms with Gasteiger partial charge in [0.05, 0.1) is 5.52 Å². The van der Waals surface area contributed by atoms with Crippen LogP contribution in [-0.2, 0) is 0 Å². The number of hydrogen-bond acceptors (Lipinski definition) is 4. The van der Waals surface area contributed by atoms with E-state index >= 15 is 0 Å². The molecule has 2 rings (SSSR count). The zero-order chi connectivity index (χ0) is 10.7. The normalized spacial score (nSPS) is 10.9. The van der Waals surface area contributed by atoms with Crippen LogP contribution in [0.2, 0.25) is 0 Å². The Morgan fingerprint density at radius 1 is 1.13 bits per heavy atom. The first kappa shape index (κ1) is 9.83. The van der Waals surface area contributed by atoms with Gasteiger partial charge in [-0.2, -0.15) is 0 Å². The first-order valence-corrected chi connectivity index (χ1v) is 5.07. The predicted molar refractivity (Wildman–Crippen MR) is 60.7 cm³/mol. The van der Waals surface area contributed by atoms with Crippen molar-refractivity contribution < 1.29 is 0 Å². The molecule has 2 heterocycles. The summed E-state index contributed by atoms with van der Waals surface area (Å²) in [6.07, 6.45) is 5.12. The fourth-order valence-electron chi connectivity index (χ4n) is 1.33. The molecule has 0 saturated carbocycles. The van der Waals surface area contributed by atoms with E-state index in [-0.39, 0.29) is 0 Å². The minimum atomic E-state index is 0.582. The Labute approximate surface area is 88.8 Å². The summed E-state index contributed by atoms with van der Waals surface area (Å²) >= 11 is 0. The molecule has 4 nitrogen and oxygen atoms in total. The van der Waals surface area contributed by atoms with Crippen LogP contribution in [0.1, 0.15) is 13.8 Å². The monoisotopic (exact) mass is 202 g/mol. The number of hydrogen-bond donors (Lipinski definition) is 1. The Hall–Kier alpha value is -1.71. The van der Waals surface area contributed by atoms with E-state index in [0.29, 0.717) is 5.92 Å². The largest absolute Gasteiger partial charge is 0.368 e. The van der Waals surface area contributed by atoms with Crippen molar-refractivity contribution in [3.05, 3.63) is 24.7 Å². The Morgan fingerprint density at radius 2 is 1.93 bits per heavy atom. The van der Waals surface area contributed by atoms with E-state index < -0.39 is 0 Å². The van der Waals surface area contributed by atoms with Gasteiger partial charge in [0.25, 0.3) is 0 Å². The predicted octanol–water partition coefficient (Wildman–Crippen LogP) is 2.09. The Balaban J connectivity index is 2.34. The number of anilines is 1.